The highest BCUT2D eigenvalue weighted by atomic mass is 32.2. The predicted molar refractivity (Wildman–Crippen MR) is 66.4 cm³/mol. The van der Waals surface area contributed by atoms with Crippen LogP contribution in [0, 0.1) is 19.8 Å². The third-order valence-corrected chi connectivity index (χ3v) is 4.84. The highest BCUT2D eigenvalue weighted by molar-refractivity contribution is 7.94. The van der Waals surface area contributed by atoms with Gasteiger partial charge in [-0.15, -0.1) is 0 Å². The topological polar surface area (TPSA) is 54.5 Å². The van der Waals surface area contributed by atoms with E-state index in [-0.39, 0.29) is 11.7 Å². The molecule has 1 saturated heterocycles. The monoisotopic (exact) mass is 253 g/mol. The third-order valence-electron chi connectivity index (χ3n) is 3.00. The van der Waals surface area contributed by atoms with Crippen LogP contribution in [-0.4, -0.2) is 20.1 Å². The highest BCUT2D eigenvalue weighted by Crippen LogP contribution is 2.33. The number of amides is 1. The molecule has 1 aliphatic rings. The maximum atomic E-state index is 12.0. The van der Waals surface area contributed by atoms with Crippen molar-refractivity contribution < 1.29 is 13.2 Å². The van der Waals surface area contributed by atoms with Crippen LogP contribution in [0.5, 0.6) is 0 Å². The minimum atomic E-state index is -3.50. The summed E-state index contributed by atoms with van der Waals surface area (Å²) in [5.74, 6) is -0.888. The van der Waals surface area contributed by atoms with E-state index in [4.69, 9.17) is 0 Å². The third kappa shape index (κ3) is 1.84. The van der Waals surface area contributed by atoms with Crippen molar-refractivity contribution in [2.75, 3.05) is 10.1 Å². The second kappa shape index (κ2) is 3.84. The largest absolute Gasteiger partial charge is 0.273 e. The van der Waals surface area contributed by atoms with Crippen LogP contribution in [0.15, 0.2) is 18.2 Å². The number of carbonyl (C=O) groups excluding carboxylic acids is 1. The average Bonchev–Trinajstić information content (AvgIpc) is 2.39. The van der Waals surface area contributed by atoms with E-state index >= 15 is 0 Å². The van der Waals surface area contributed by atoms with Gasteiger partial charge in [0.1, 0.15) is 0 Å². The summed E-state index contributed by atoms with van der Waals surface area (Å²) in [4.78, 5) is 12.0. The fourth-order valence-corrected chi connectivity index (χ4v) is 4.12. The van der Waals surface area contributed by atoms with Crippen LogP contribution in [0.25, 0.3) is 0 Å². The number of anilines is 1. The van der Waals surface area contributed by atoms with Crippen molar-refractivity contribution in [3.05, 3.63) is 29.3 Å². The smallest absolute Gasteiger partial charge is 0.244 e. The van der Waals surface area contributed by atoms with Crippen LogP contribution in [0.2, 0.25) is 0 Å². The first-order chi connectivity index (χ1) is 7.84. The standard InChI is InChI=1S/C12H15NO3S/c1-8-5-4-6-9(2)11(8)13-12(14)10(3)7-17(13,15)16/h4-6,10H,7H2,1-3H3. The zero-order chi connectivity index (χ0) is 12.8. The van der Waals surface area contributed by atoms with Gasteiger partial charge in [-0.05, 0) is 25.0 Å². The predicted octanol–water partition coefficient (Wildman–Crippen LogP) is 1.62. The van der Waals surface area contributed by atoms with Crippen molar-refractivity contribution in [3.63, 3.8) is 0 Å². The van der Waals surface area contributed by atoms with Gasteiger partial charge in [0, 0.05) is 0 Å². The Bertz CT molecular complexity index is 557. The van der Waals surface area contributed by atoms with Gasteiger partial charge in [-0.3, -0.25) is 4.79 Å². The summed E-state index contributed by atoms with van der Waals surface area (Å²) in [6.45, 7) is 5.27. The van der Waals surface area contributed by atoms with Gasteiger partial charge in [0.15, 0.2) is 0 Å². The minimum absolute atomic E-state index is 0.0976. The van der Waals surface area contributed by atoms with E-state index in [1.54, 1.807) is 6.92 Å². The van der Waals surface area contributed by atoms with Crippen LogP contribution in [-0.2, 0) is 14.8 Å². The highest BCUT2D eigenvalue weighted by Gasteiger charge is 2.42. The molecule has 1 atom stereocenters. The molecule has 1 amide bonds. The lowest BCUT2D eigenvalue weighted by Gasteiger charge is -2.19. The van der Waals surface area contributed by atoms with Gasteiger partial charge >= 0.3 is 0 Å². The van der Waals surface area contributed by atoms with Gasteiger partial charge in [0.2, 0.25) is 15.9 Å². The first kappa shape index (κ1) is 12.1. The molecule has 0 saturated carbocycles. The van der Waals surface area contributed by atoms with Crippen LogP contribution >= 0.6 is 0 Å². The molecular weight excluding hydrogens is 238 g/mol. The number of para-hydroxylation sites is 1. The number of hydrogen-bond donors (Lipinski definition) is 0. The summed E-state index contributed by atoms with van der Waals surface area (Å²) in [6.07, 6.45) is 0. The fourth-order valence-electron chi connectivity index (χ4n) is 2.17. The Hall–Kier alpha value is -1.36. The minimum Gasteiger partial charge on any atom is -0.273 e. The molecule has 0 aliphatic carbocycles. The molecule has 92 valence electrons. The number of rotatable bonds is 1. The van der Waals surface area contributed by atoms with Gasteiger partial charge < -0.3 is 0 Å². The number of benzene rings is 1. The Kier molecular flexibility index (Phi) is 2.73. The molecule has 1 fully saturated rings. The normalized spacial score (nSPS) is 23.1. The molecule has 2 rings (SSSR count). The van der Waals surface area contributed by atoms with Gasteiger partial charge in [-0.25, -0.2) is 12.7 Å². The maximum Gasteiger partial charge on any atom is 0.244 e. The number of carbonyl (C=O) groups is 1. The molecule has 0 N–H and O–H groups in total. The van der Waals surface area contributed by atoms with Crippen LogP contribution in [0.1, 0.15) is 18.1 Å². The Morgan fingerprint density at radius 3 is 2.18 bits per heavy atom. The van der Waals surface area contributed by atoms with Crippen molar-refractivity contribution in [2.24, 2.45) is 5.92 Å². The Morgan fingerprint density at radius 2 is 1.76 bits per heavy atom. The molecule has 1 heterocycles. The van der Waals surface area contributed by atoms with Crippen molar-refractivity contribution >= 4 is 21.6 Å². The molecule has 0 radical (unpaired) electrons. The molecular formula is C12H15NO3S. The molecule has 1 aromatic carbocycles. The zero-order valence-electron chi connectivity index (χ0n) is 10.1. The van der Waals surface area contributed by atoms with Crippen LogP contribution < -0.4 is 4.31 Å². The fraction of sp³-hybridized carbons (Fsp3) is 0.417. The Labute approximate surface area is 101 Å². The van der Waals surface area contributed by atoms with Crippen LogP contribution in [0.4, 0.5) is 5.69 Å². The average molecular weight is 253 g/mol. The van der Waals surface area contributed by atoms with E-state index in [1.165, 1.54) is 0 Å². The summed E-state index contributed by atoms with van der Waals surface area (Å²) in [5.41, 5.74) is 2.12. The Balaban J connectivity index is 2.65. The summed E-state index contributed by atoms with van der Waals surface area (Å²) in [6, 6.07) is 5.48. The zero-order valence-corrected chi connectivity index (χ0v) is 10.9. The van der Waals surface area contributed by atoms with E-state index in [0.29, 0.717) is 5.69 Å². The maximum absolute atomic E-state index is 12.0. The first-order valence-corrected chi connectivity index (χ1v) is 7.08. The van der Waals surface area contributed by atoms with E-state index in [9.17, 15) is 13.2 Å². The van der Waals surface area contributed by atoms with Gasteiger partial charge in [0.25, 0.3) is 0 Å². The SMILES string of the molecule is Cc1cccc(C)c1N1C(=O)C(C)CS1(=O)=O. The van der Waals surface area contributed by atoms with E-state index < -0.39 is 15.9 Å². The van der Waals surface area contributed by atoms with E-state index in [0.717, 1.165) is 15.4 Å². The molecule has 1 aromatic rings. The lowest BCUT2D eigenvalue weighted by Crippen LogP contribution is -2.31. The van der Waals surface area contributed by atoms with E-state index in [1.807, 2.05) is 32.0 Å². The summed E-state index contributed by atoms with van der Waals surface area (Å²) in [7, 11) is -3.50. The van der Waals surface area contributed by atoms with Gasteiger partial charge in [0.05, 0.1) is 17.4 Å². The van der Waals surface area contributed by atoms with Crippen molar-refractivity contribution in [2.45, 2.75) is 20.8 Å². The lowest BCUT2D eigenvalue weighted by atomic mass is 10.1. The van der Waals surface area contributed by atoms with Gasteiger partial charge in [-0.2, -0.15) is 0 Å². The molecule has 0 spiro atoms. The van der Waals surface area contributed by atoms with Crippen LogP contribution in [0.3, 0.4) is 0 Å². The van der Waals surface area contributed by atoms with E-state index in [2.05, 4.69) is 0 Å². The number of nitrogens with zero attached hydrogens (tertiary/aromatic N) is 1. The molecule has 1 unspecified atom stereocenters. The molecule has 4 nitrogen and oxygen atoms in total. The number of hydrogen-bond acceptors (Lipinski definition) is 3. The van der Waals surface area contributed by atoms with Crippen molar-refractivity contribution in [3.8, 4) is 0 Å². The molecule has 0 aromatic heterocycles. The molecule has 1 aliphatic heterocycles. The Morgan fingerprint density at radius 1 is 1.24 bits per heavy atom. The van der Waals surface area contributed by atoms with Gasteiger partial charge in [-0.1, -0.05) is 25.1 Å². The second-order valence-electron chi connectivity index (χ2n) is 4.52. The molecule has 17 heavy (non-hydrogen) atoms. The molecule has 5 heteroatoms. The summed E-state index contributed by atoms with van der Waals surface area (Å²) in [5, 5.41) is 0. The van der Waals surface area contributed by atoms with Crippen molar-refractivity contribution in [1.29, 1.82) is 0 Å². The quantitative estimate of drug-likeness (QED) is 0.764. The number of aryl methyl sites for hydroxylation is 2. The summed E-state index contributed by atoms with van der Waals surface area (Å²) >= 11 is 0. The second-order valence-corrected chi connectivity index (χ2v) is 6.38. The number of sulfonamides is 1. The van der Waals surface area contributed by atoms with Crippen molar-refractivity contribution in [1.82, 2.24) is 0 Å². The first-order valence-electron chi connectivity index (χ1n) is 5.47. The lowest BCUT2D eigenvalue weighted by molar-refractivity contribution is -0.119. The summed E-state index contributed by atoms with van der Waals surface area (Å²) < 4.78 is 25.0. The molecule has 0 bridgehead atoms.